The molecule has 3 saturated heterocycles. The van der Waals surface area contributed by atoms with Crippen molar-refractivity contribution in [2.75, 3.05) is 13.1 Å². The van der Waals surface area contributed by atoms with Gasteiger partial charge in [-0.2, -0.15) is 0 Å². The molecule has 2 N–H and O–H groups in total. The number of β-amino-alcohol motifs (C(OH)–C–C–N with tert-alkyl or cyclic N) is 2. The molecule has 5 fully saturated rings. The van der Waals surface area contributed by atoms with Crippen molar-refractivity contribution in [3.8, 4) is 0 Å². The van der Waals surface area contributed by atoms with Crippen molar-refractivity contribution in [2.24, 2.45) is 11.3 Å². The zero-order valence-electron chi connectivity index (χ0n) is 21.9. The van der Waals surface area contributed by atoms with Gasteiger partial charge < -0.3 is 19.7 Å². The molecule has 0 amide bonds. The molecule has 6 nitrogen and oxygen atoms in total. The van der Waals surface area contributed by atoms with Gasteiger partial charge in [-0.15, -0.1) is 0 Å². The van der Waals surface area contributed by atoms with Crippen LogP contribution in [0.1, 0.15) is 56.9 Å². The van der Waals surface area contributed by atoms with Crippen LogP contribution in [0.5, 0.6) is 0 Å². The monoisotopic (exact) mass is 512 g/mol. The van der Waals surface area contributed by atoms with Gasteiger partial charge in [0.1, 0.15) is 12.2 Å². The van der Waals surface area contributed by atoms with Crippen molar-refractivity contribution in [1.82, 2.24) is 9.88 Å². The lowest BCUT2D eigenvalue weighted by molar-refractivity contribution is -0.138. The third kappa shape index (κ3) is 2.78. The Morgan fingerprint density at radius 3 is 2.79 bits per heavy atom. The summed E-state index contributed by atoms with van der Waals surface area (Å²) in [5.74, 6) is 1.01. The number of allylic oxidation sites excluding steroid dienone is 1. The molecule has 1 aromatic carbocycles. The van der Waals surface area contributed by atoms with E-state index in [-0.39, 0.29) is 34.9 Å². The molecular weight excluding hydrogens is 476 g/mol. The Labute approximate surface area is 223 Å². The van der Waals surface area contributed by atoms with Gasteiger partial charge in [-0.1, -0.05) is 31.2 Å². The maximum Gasteiger partial charge on any atom is 0.110 e. The zero-order valence-corrected chi connectivity index (χ0v) is 21.9. The fraction of sp³-hybridized carbons (Fsp3) is 0.594. The number of aliphatic hydroxyl groups is 2. The number of benzene rings is 1. The summed E-state index contributed by atoms with van der Waals surface area (Å²) in [4.78, 5) is 6.64. The maximum absolute atomic E-state index is 10.2. The number of nitrogens with zero attached hydrogens (tertiary/aromatic N) is 2. The van der Waals surface area contributed by atoms with Gasteiger partial charge in [0, 0.05) is 36.9 Å². The second kappa shape index (κ2) is 7.35. The Morgan fingerprint density at radius 1 is 1.05 bits per heavy atom. The summed E-state index contributed by atoms with van der Waals surface area (Å²) in [6, 6.07) is 9.29. The first-order valence-corrected chi connectivity index (χ1v) is 14.6. The molecule has 0 radical (unpaired) electrons. The number of aromatic nitrogens is 1. The van der Waals surface area contributed by atoms with Gasteiger partial charge in [0.2, 0.25) is 0 Å². The van der Waals surface area contributed by atoms with E-state index in [4.69, 9.17) is 9.47 Å². The van der Waals surface area contributed by atoms with Gasteiger partial charge in [0.25, 0.3) is 0 Å². The lowest BCUT2D eigenvalue weighted by atomic mass is 9.58. The molecule has 1 aromatic heterocycles. The van der Waals surface area contributed by atoms with Crippen molar-refractivity contribution < 1.29 is 19.7 Å². The van der Waals surface area contributed by atoms with Crippen LogP contribution in [-0.4, -0.2) is 74.8 Å². The number of pyridine rings is 1. The standard InChI is InChI=1S/C32H36N2O4/c1-30-8-6-21-13-23-28-29(37-28)24(34-16-25(35)26(36)17-34)14-31(23)9-10-32(21,38-31)27(30)5-4-22(30)19-3-2-18-7-11-33-15-20(18)12-19/h2-3,6-7,11-13,15,22,24-29,35-36H,4-5,8-10,14,16-17H2,1H3/t22-,24+,25+,26+,27-,28-,29?,30-,31-,32?/m1/s1. The van der Waals surface area contributed by atoms with E-state index in [0.717, 1.165) is 25.7 Å². The van der Waals surface area contributed by atoms with E-state index in [9.17, 15) is 10.2 Å². The fourth-order valence-electron chi connectivity index (χ4n) is 9.96. The third-order valence-electron chi connectivity index (χ3n) is 11.8. The maximum atomic E-state index is 10.2. The molecule has 9 rings (SSSR count). The first-order chi connectivity index (χ1) is 18.4. The molecule has 2 spiro atoms. The van der Waals surface area contributed by atoms with E-state index in [0.29, 0.717) is 24.9 Å². The zero-order chi connectivity index (χ0) is 25.4. The number of epoxide rings is 1. The van der Waals surface area contributed by atoms with Crippen LogP contribution >= 0.6 is 0 Å². The second-order valence-electron chi connectivity index (χ2n) is 13.5. The summed E-state index contributed by atoms with van der Waals surface area (Å²) >= 11 is 0. The van der Waals surface area contributed by atoms with Crippen LogP contribution in [0.4, 0.5) is 0 Å². The lowest BCUT2D eigenvalue weighted by Crippen LogP contribution is -2.57. The number of rotatable bonds is 2. The predicted molar refractivity (Wildman–Crippen MR) is 143 cm³/mol. The van der Waals surface area contributed by atoms with E-state index in [1.807, 2.05) is 12.4 Å². The summed E-state index contributed by atoms with van der Waals surface area (Å²) < 4.78 is 13.8. The highest BCUT2D eigenvalue weighted by molar-refractivity contribution is 5.82. The minimum Gasteiger partial charge on any atom is -0.389 e. The molecule has 3 aliphatic carbocycles. The summed E-state index contributed by atoms with van der Waals surface area (Å²) in [7, 11) is 0. The predicted octanol–water partition coefficient (Wildman–Crippen LogP) is 3.87. The van der Waals surface area contributed by atoms with E-state index in [1.165, 1.54) is 40.3 Å². The summed E-state index contributed by atoms with van der Waals surface area (Å²) in [6.45, 7) is 3.57. The minimum absolute atomic E-state index is 0.122. The normalized spacial score (nSPS) is 48.7. The molecule has 198 valence electrons. The average Bonchev–Trinajstić information content (AvgIpc) is 3.41. The minimum atomic E-state index is -0.668. The van der Waals surface area contributed by atoms with Crippen molar-refractivity contribution >= 4 is 10.8 Å². The topological polar surface area (TPSA) is 78.4 Å². The number of likely N-dealkylation sites (tertiary alicyclic amines) is 1. The Bertz CT molecular complexity index is 1410. The SMILES string of the molecule is C[C@]12CC=C3C=C4[C@H]5OC5[C@@H](N5C[C@H](O)[C@@H](O)C5)C[C@]45CCC3(O5)[C@@H]1CC[C@@H]2c1ccc2ccncc2c1. The molecule has 2 saturated carbocycles. The third-order valence-corrected chi connectivity index (χ3v) is 11.8. The Hall–Kier alpha value is -2.09. The number of aliphatic hydroxyl groups excluding tert-OH is 2. The van der Waals surface area contributed by atoms with Crippen molar-refractivity contribution in [2.45, 2.75) is 93.0 Å². The van der Waals surface area contributed by atoms with Crippen molar-refractivity contribution in [3.05, 3.63) is 65.5 Å². The quantitative estimate of drug-likeness (QED) is 0.595. The largest absolute Gasteiger partial charge is 0.389 e. The van der Waals surface area contributed by atoms with Crippen molar-refractivity contribution in [1.29, 1.82) is 0 Å². The first-order valence-electron chi connectivity index (χ1n) is 14.6. The van der Waals surface area contributed by atoms with Gasteiger partial charge in [-0.25, -0.2) is 0 Å². The molecular formula is C32H36N2O4. The molecule has 7 aliphatic rings. The van der Waals surface area contributed by atoms with Crippen molar-refractivity contribution in [3.63, 3.8) is 0 Å². The van der Waals surface area contributed by atoms with Gasteiger partial charge in [-0.05, 0) is 90.0 Å². The number of hydrogen-bond donors (Lipinski definition) is 2. The second-order valence-corrected chi connectivity index (χ2v) is 13.5. The Kier molecular flexibility index (Phi) is 4.39. The summed E-state index contributed by atoms with van der Waals surface area (Å²) in [6.07, 6.45) is 14.3. The first kappa shape index (κ1) is 22.7. The van der Waals surface area contributed by atoms with Crippen LogP contribution in [-0.2, 0) is 9.47 Å². The van der Waals surface area contributed by atoms with Crippen LogP contribution in [0.2, 0.25) is 0 Å². The summed E-state index contributed by atoms with van der Waals surface area (Å²) in [5, 5.41) is 23.0. The Morgan fingerprint density at radius 2 is 1.92 bits per heavy atom. The molecule has 5 heterocycles. The van der Waals surface area contributed by atoms with Crippen LogP contribution in [0.15, 0.2) is 60.0 Å². The van der Waals surface area contributed by atoms with E-state index in [2.05, 4.69) is 53.2 Å². The molecule has 6 heteroatoms. The van der Waals surface area contributed by atoms with Crippen LogP contribution in [0.3, 0.4) is 0 Å². The fourth-order valence-corrected chi connectivity index (χ4v) is 9.96. The van der Waals surface area contributed by atoms with Gasteiger partial charge >= 0.3 is 0 Å². The van der Waals surface area contributed by atoms with E-state index < -0.39 is 12.2 Å². The average molecular weight is 513 g/mol. The van der Waals surface area contributed by atoms with Crippen LogP contribution in [0.25, 0.3) is 10.8 Å². The number of hydrogen-bond acceptors (Lipinski definition) is 6. The van der Waals surface area contributed by atoms with Gasteiger partial charge in [0.05, 0.1) is 23.4 Å². The molecule has 4 aliphatic heterocycles. The highest BCUT2D eigenvalue weighted by atomic mass is 16.6. The summed E-state index contributed by atoms with van der Waals surface area (Å²) in [5.41, 5.74) is 3.89. The molecule has 38 heavy (non-hydrogen) atoms. The van der Waals surface area contributed by atoms with Crippen LogP contribution in [0, 0.1) is 11.3 Å². The Balaban J connectivity index is 1.07. The lowest BCUT2D eigenvalue weighted by Gasteiger charge is -2.54. The smallest absolute Gasteiger partial charge is 0.110 e. The van der Waals surface area contributed by atoms with Gasteiger partial charge in [0.15, 0.2) is 0 Å². The highest BCUT2D eigenvalue weighted by Crippen LogP contribution is 2.70. The van der Waals surface area contributed by atoms with E-state index in [1.54, 1.807) is 0 Å². The molecule has 2 unspecified atom stereocenters. The van der Waals surface area contributed by atoms with Crippen LogP contribution < -0.4 is 0 Å². The van der Waals surface area contributed by atoms with E-state index >= 15 is 0 Å². The van der Waals surface area contributed by atoms with Gasteiger partial charge in [-0.3, -0.25) is 9.88 Å². The number of ether oxygens (including phenoxy) is 2. The molecule has 10 atom stereocenters. The molecule has 2 bridgehead atoms. The molecule has 2 aromatic rings. The highest BCUT2D eigenvalue weighted by Gasteiger charge is 2.71. The number of fused-ring (bicyclic) bond motifs is 4.